The van der Waals surface area contributed by atoms with Crippen LogP contribution in [0.25, 0.3) is 0 Å². The molecule has 312 valence electrons. The molecule has 0 saturated carbocycles. The van der Waals surface area contributed by atoms with Gasteiger partial charge in [0.05, 0.1) is 35.5 Å². The quantitative estimate of drug-likeness (QED) is 0.0293. The van der Waals surface area contributed by atoms with Crippen LogP contribution in [0.2, 0.25) is 0 Å². The number of aliphatic hydroxyl groups excluding tert-OH is 2. The van der Waals surface area contributed by atoms with Gasteiger partial charge in [0, 0.05) is 23.6 Å². The summed E-state index contributed by atoms with van der Waals surface area (Å²) in [5, 5.41) is 33.0. The van der Waals surface area contributed by atoms with Crippen molar-refractivity contribution in [2.75, 3.05) is 17.7 Å². The van der Waals surface area contributed by atoms with Gasteiger partial charge in [-0.15, -0.1) is 4.67 Å². The molecule has 0 fully saturated rings. The molecule has 6 aromatic rings. The van der Waals surface area contributed by atoms with Crippen LogP contribution in [-0.2, 0) is 10.8 Å². The van der Waals surface area contributed by atoms with E-state index in [9.17, 15) is 20.0 Å². The standard InChI is InChI=1S/C42H38O2S2.C9H20N2O2P/c43-39(41(33-19-7-1-8-20-33,34-21-9-2-10-22-34)35-23-11-3-12-24-35)31-45-46-32-40(44)42(36-25-13-4-14-26-36,37-27-15-5-16-28-37)38-29-17-6-18-30-38;1-8(2)11(9(3)4)14(12,13)7-5-6-10/h1-30,39-40,43-44H,31-32H2;8-9,12-13H,5,7H2,1-4H3/q;+1. The molecule has 2 unspecified atom stereocenters. The molecule has 4 N–H and O–H groups in total. The molecule has 0 spiro atoms. The molecule has 0 aromatic heterocycles. The largest absolute Gasteiger partial charge is 0.391 e. The van der Waals surface area contributed by atoms with Crippen molar-refractivity contribution in [1.82, 2.24) is 4.67 Å². The van der Waals surface area contributed by atoms with Gasteiger partial charge < -0.3 is 10.2 Å². The average molecular weight is 858 g/mol. The minimum Gasteiger partial charge on any atom is -0.391 e. The smallest absolute Gasteiger partial charge is 0.343 e. The molecule has 0 amide bonds. The van der Waals surface area contributed by atoms with Crippen molar-refractivity contribution in [2.24, 2.45) is 0 Å². The maximum Gasteiger partial charge on any atom is 0.343 e. The number of benzene rings is 6. The summed E-state index contributed by atoms with van der Waals surface area (Å²) in [6.07, 6.45) is -1.12. The van der Waals surface area contributed by atoms with E-state index in [0.717, 1.165) is 33.4 Å². The maximum absolute atomic E-state index is 12.3. The van der Waals surface area contributed by atoms with Gasteiger partial charge in [0.2, 0.25) is 0 Å². The zero-order valence-corrected chi connectivity index (χ0v) is 37.4. The molecular weight excluding hydrogens is 800 g/mol. The second-order valence-corrected chi connectivity index (χ2v) is 20.2. The summed E-state index contributed by atoms with van der Waals surface area (Å²) in [6.45, 7) is 7.70. The SMILES string of the molecule is CC(C)N(C(C)C)[P+](O)(O)CCC#N.OC(CSSCC(O)C(c1ccccc1)(c1ccccc1)c1ccccc1)C(c1ccccc1)(c1ccccc1)c1ccccc1. The lowest BCUT2D eigenvalue weighted by Gasteiger charge is -2.41. The fourth-order valence-electron chi connectivity index (χ4n) is 8.49. The highest BCUT2D eigenvalue weighted by atomic mass is 33.1. The first-order valence-electron chi connectivity index (χ1n) is 20.4. The van der Waals surface area contributed by atoms with Crippen LogP contribution in [0.3, 0.4) is 0 Å². The van der Waals surface area contributed by atoms with Crippen LogP contribution in [0.4, 0.5) is 0 Å². The van der Waals surface area contributed by atoms with E-state index in [1.807, 2.05) is 143 Å². The van der Waals surface area contributed by atoms with Crippen molar-refractivity contribution >= 4 is 29.5 Å². The predicted octanol–water partition coefficient (Wildman–Crippen LogP) is 10.9. The van der Waals surface area contributed by atoms with Gasteiger partial charge in [-0.1, -0.05) is 204 Å². The van der Waals surface area contributed by atoms with E-state index in [4.69, 9.17) is 5.26 Å². The molecule has 0 aliphatic carbocycles. The van der Waals surface area contributed by atoms with Gasteiger partial charge in [0.1, 0.15) is 6.16 Å². The molecule has 2 atom stereocenters. The van der Waals surface area contributed by atoms with E-state index >= 15 is 0 Å². The van der Waals surface area contributed by atoms with E-state index in [0.29, 0.717) is 11.5 Å². The van der Waals surface area contributed by atoms with Crippen molar-refractivity contribution in [3.63, 3.8) is 0 Å². The zero-order valence-electron chi connectivity index (χ0n) is 34.9. The van der Waals surface area contributed by atoms with Crippen LogP contribution in [0.15, 0.2) is 182 Å². The van der Waals surface area contributed by atoms with Gasteiger partial charge in [-0.05, 0) is 61.1 Å². The average Bonchev–Trinajstić information content (AvgIpc) is 3.27. The fourth-order valence-corrected chi connectivity index (χ4v) is 12.9. The highest BCUT2D eigenvalue weighted by Gasteiger charge is 2.46. The Hall–Kier alpha value is -4.26. The van der Waals surface area contributed by atoms with E-state index in [1.165, 1.54) is 0 Å². The number of nitrogens with zero attached hydrogens (tertiary/aromatic N) is 2. The number of nitriles is 1. The monoisotopic (exact) mass is 857 g/mol. The van der Waals surface area contributed by atoms with Gasteiger partial charge in [-0.2, -0.15) is 5.26 Å². The van der Waals surface area contributed by atoms with E-state index < -0.39 is 30.9 Å². The minimum atomic E-state index is -3.07. The highest BCUT2D eigenvalue weighted by Crippen LogP contribution is 2.56. The fraction of sp³-hybridized carbons (Fsp3) is 0.275. The first-order chi connectivity index (χ1) is 29.0. The van der Waals surface area contributed by atoms with Crippen LogP contribution in [0.1, 0.15) is 67.5 Å². The number of rotatable bonds is 18. The van der Waals surface area contributed by atoms with Crippen molar-refractivity contribution in [1.29, 1.82) is 5.26 Å². The number of aliphatic hydroxyl groups is 2. The summed E-state index contributed by atoms with van der Waals surface area (Å²) in [5.74, 6) is 0.927. The molecule has 6 rings (SSSR count). The van der Waals surface area contributed by atoms with Gasteiger partial charge in [-0.25, -0.2) is 9.79 Å². The normalized spacial score (nSPS) is 13.0. The summed E-state index contributed by atoms with van der Waals surface area (Å²) >= 11 is 0. The lowest BCUT2D eigenvalue weighted by Crippen LogP contribution is -2.44. The van der Waals surface area contributed by atoms with E-state index in [2.05, 4.69) is 72.8 Å². The second-order valence-electron chi connectivity index (χ2n) is 15.3. The van der Waals surface area contributed by atoms with Crippen LogP contribution in [0.5, 0.6) is 0 Å². The van der Waals surface area contributed by atoms with Gasteiger partial charge >= 0.3 is 7.87 Å². The van der Waals surface area contributed by atoms with Crippen LogP contribution >= 0.6 is 29.5 Å². The third-order valence-electron chi connectivity index (χ3n) is 10.9. The molecule has 0 aliphatic rings. The van der Waals surface area contributed by atoms with Crippen LogP contribution in [-0.4, -0.2) is 66.6 Å². The summed E-state index contributed by atoms with van der Waals surface area (Å²) in [4.78, 5) is 19.8. The van der Waals surface area contributed by atoms with Crippen LogP contribution < -0.4 is 0 Å². The Morgan fingerprint density at radius 3 is 0.917 bits per heavy atom. The molecule has 9 heteroatoms. The maximum atomic E-state index is 12.3. The predicted molar refractivity (Wildman–Crippen MR) is 254 cm³/mol. The Balaban J connectivity index is 0.000000419. The molecule has 60 heavy (non-hydrogen) atoms. The third kappa shape index (κ3) is 10.8. The Labute approximate surface area is 365 Å². The molecule has 6 aromatic carbocycles. The van der Waals surface area contributed by atoms with E-state index in [-0.39, 0.29) is 24.7 Å². The summed E-state index contributed by atoms with van der Waals surface area (Å²) in [7, 11) is 0.147. The van der Waals surface area contributed by atoms with Gasteiger partial charge in [0.15, 0.2) is 0 Å². The molecule has 0 aliphatic heterocycles. The molecule has 0 heterocycles. The topological polar surface area (TPSA) is 108 Å². The van der Waals surface area contributed by atoms with E-state index in [1.54, 1.807) is 26.3 Å². The molecule has 0 saturated heterocycles. The Kier molecular flexibility index (Phi) is 17.6. The first-order valence-corrected chi connectivity index (χ1v) is 24.8. The summed E-state index contributed by atoms with van der Waals surface area (Å²) in [6, 6.07) is 64.0. The van der Waals surface area contributed by atoms with Crippen molar-refractivity contribution in [3.8, 4) is 6.07 Å². The van der Waals surface area contributed by atoms with Crippen molar-refractivity contribution in [3.05, 3.63) is 215 Å². The number of hydrogen-bond acceptors (Lipinski definition) is 8. The molecular formula is C51H58N2O4PS2+. The Bertz CT molecular complexity index is 1820. The summed E-state index contributed by atoms with van der Waals surface area (Å²) < 4.78 is 1.70. The van der Waals surface area contributed by atoms with Gasteiger partial charge in [-0.3, -0.25) is 0 Å². The Morgan fingerprint density at radius 1 is 0.483 bits per heavy atom. The summed E-state index contributed by atoms with van der Waals surface area (Å²) in [5.41, 5.74) is 4.73. The molecule has 6 nitrogen and oxygen atoms in total. The van der Waals surface area contributed by atoms with Crippen molar-refractivity contribution in [2.45, 2.75) is 69.2 Å². The molecule has 0 radical (unpaired) electrons. The zero-order chi connectivity index (χ0) is 43.0. The third-order valence-corrected chi connectivity index (χ3v) is 15.7. The lowest BCUT2D eigenvalue weighted by atomic mass is 9.66. The lowest BCUT2D eigenvalue weighted by molar-refractivity contribution is 0.144. The van der Waals surface area contributed by atoms with Crippen molar-refractivity contribution < 1.29 is 20.0 Å². The first kappa shape index (κ1) is 46.8. The highest BCUT2D eigenvalue weighted by molar-refractivity contribution is 8.76. The number of hydrogen-bond donors (Lipinski definition) is 4. The van der Waals surface area contributed by atoms with Crippen LogP contribution in [0, 0.1) is 11.3 Å². The minimum absolute atomic E-state index is 0.0806. The van der Waals surface area contributed by atoms with Gasteiger partial charge in [0.25, 0.3) is 0 Å². The second kappa shape index (κ2) is 22.5. The molecule has 0 bridgehead atoms. The Morgan fingerprint density at radius 2 is 0.717 bits per heavy atom.